The third kappa shape index (κ3) is 4.09. The molecule has 2 aromatic carbocycles. The van der Waals surface area contributed by atoms with Crippen molar-refractivity contribution in [3.8, 4) is 11.5 Å². The minimum Gasteiger partial charge on any atom is -0.444 e. The Bertz CT molecular complexity index is 974. The molecule has 2 unspecified atom stereocenters. The number of aromatic nitrogens is 1. The lowest BCUT2D eigenvalue weighted by Gasteiger charge is -2.11. The molecule has 2 atom stereocenters. The minimum absolute atomic E-state index is 0.424. The van der Waals surface area contributed by atoms with Gasteiger partial charge in [0, 0.05) is 24.6 Å². The summed E-state index contributed by atoms with van der Waals surface area (Å²) >= 11 is 0. The summed E-state index contributed by atoms with van der Waals surface area (Å²) in [5.41, 5.74) is 5.83. The highest BCUT2D eigenvalue weighted by molar-refractivity contribution is 5.80. The van der Waals surface area contributed by atoms with E-state index in [0.29, 0.717) is 24.4 Å². The fraction of sp³-hybridized carbons (Fsp3) is 0.304. The number of nitrogens with zero attached hydrogens (tertiary/aromatic N) is 2. The van der Waals surface area contributed by atoms with Gasteiger partial charge in [-0.3, -0.25) is 4.99 Å². The molecule has 0 bridgehead atoms. The predicted molar refractivity (Wildman–Crippen MR) is 112 cm³/mol. The maximum Gasteiger partial charge on any atom is 0.226 e. The molecule has 0 amide bonds. The van der Waals surface area contributed by atoms with E-state index in [1.54, 1.807) is 13.3 Å². The van der Waals surface area contributed by atoms with Gasteiger partial charge in [-0.2, -0.15) is 0 Å². The normalized spacial score (nSPS) is 18.8. The summed E-state index contributed by atoms with van der Waals surface area (Å²) in [5.74, 6) is 1.99. The molecule has 1 saturated carbocycles. The highest BCUT2D eigenvalue weighted by atomic mass is 16.3. The number of benzene rings is 2. The molecular formula is C23H26N4O. The van der Waals surface area contributed by atoms with Crippen molar-refractivity contribution in [1.82, 2.24) is 15.6 Å². The molecule has 0 spiro atoms. The van der Waals surface area contributed by atoms with Gasteiger partial charge < -0.3 is 15.1 Å². The van der Waals surface area contributed by atoms with Gasteiger partial charge in [-0.15, -0.1) is 0 Å². The zero-order chi connectivity index (χ0) is 19.5. The van der Waals surface area contributed by atoms with Crippen molar-refractivity contribution in [2.24, 2.45) is 4.99 Å². The van der Waals surface area contributed by atoms with E-state index < -0.39 is 0 Å². The van der Waals surface area contributed by atoms with Crippen LogP contribution in [0.25, 0.3) is 11.5 Å². The van der Waals surface area contributed by atoms with Gasteiger partial charge in [-0.1, -0.05) is 42.0 Å². The molecule has 0 saturated heterocycles. The van der Waals surface area contributed by atoms with Gasteiger partial charge in [-0.25, -0.2) is 4.98 Å². The molecule has 1 aromatic heterocycles. The molecule has 1 heterocycles. The summed E-state index contributed by atoms with van der Waals surface area (Å²) in [6, 6.07) is 17.2. The van der Waals surface area contributed by atoms with Gasteiger partial charge in [-0.05, 0) is 43.5 Å². The number of hydrogen-bond donors (Lipinski definition) is 2. The summed E-state index contributed by atoms with van der Waals surface area (Å²) in [4.78, 5) is 8.92. The molecule has 1 aliphatic carbocycles. The zero-order valence-corrected chi connectivity index (χ0v) is 16.6. The summed E-state index contributed by atoms with van der Waals surface area (Å²) in [6.45, 7) is 4.81. The van der Waals surface area contributed by atoms with E-state index >= 15 is 0 Å². The fourth-order valence-corrected chi connectivity index (χ4v) is 3.46. The SMILES string of the molecule is CN=C(NCc1coc(-c2ccc(C)cc2)n1)NC1CC1c1ccccc1C. The summed E-state index contributed by atoms with van der Waals surface area (Å²) in [6.07, 6.45) is 2.83. The van der Waals surface area contributed by atoms with Gasteiger partial charge in [0.05, 0.1) is 12.2 Å². The first-order valence-electron chi connectivity index (χ1n) is 9.68. The van der Waals surface area contributed by atoms with Crippen LogP contribution in [0.1, 0.15) is 34.7 Å². The van der Waals surface area contributed by atoms with Crippen LogP contribution < -0.4 is 10.6 Å². The van der Waals surface area contributed by atoms with Crippen molar-refractivity contribution in [1.29, 1.82) is 0 Å². The van der Waals surface area contributed by atoms with Crippen LogP contribution in [-0.4, -0.2) is 24.0 Å². The Kier molecular flexibility index (Phi) is 5.15. The Morgan fingerprint density at radius 1 is 1.14 bits per heavy atom. The lowest BCUT2D eigenvalue weighted by Crippen LogP contribution is -2.38. The second-order valence-electron chi connectivity index (χ2n) is 7.39. The molecule has 4 rings (SSSR count). The maximum atomic E-state index is 5.63. The Labute approximate surface area is 165 Å². The summed E-state index contributed by atoms with van der Waals surface area (Å²) in [7, 11) is 1.79. The van der Waals surface area contributed by atoms with Crippen LogP contribution in [0, 0.1) is 13.8 Å². The number of nitrogens with one attached hydrogen (secondary N) is 2. The molecule has 5 nitrogen and oxygen atoms in total. The first-order chi connectivity index (χ1) is 13.6. The molecule has 28 heavy (non-hydrogen) atoms. The van der Waals surface area contributed by atoms with E-state index in [2.05, 4.69) is 70.9 Å². The highest BCUT2D eigenvalue weighted by Gasteiger charge is 2.39. The van der Waals surface area contributed by atoms with E-state index in [1.165, 1.54) is 16.7 Å². The van der Waals surface area contributed by atoms with E-state index in [1.807, 2.05) is 12.1 Å². The van der Waals surface area contributed by atoms with Crippen molar-refractivity contribution in [3.63, 3.8) is 0 Å². The average Bonchev–Trinajstić information content (AvgIpc) is 3.30. The van der Waals surface area contributed by atoms with Crippen LogP contribution in [0.5, 0.6) is 0 Å². The first kappa shape index (κ1) is 18.3. The van der Waals surface area contributed by atoms with Crippen molar-refractivity contribution in [2.45, 2.75) is 38.8 Å². The van der Waals surface area contributed by atoms with Crippen LogP contribution in [0.2, 0.25) is 0 Å². The molecule has 0 radical (unpaired) electrons. The monoisotopic (exact) mass is 374 g/mol. The van der Waals surface area contributed by atoms with Gasteiger partial charge in [0.15, 0.2) is 5.96 Å². The number of oxazole rings is 1. The van der Waals surface area contributed by atoms with E-state index in [9.17, 15) is 0 Å². The Hall–Kier alpha value is -3.08. The third-order valence-corrected chi connectivity index (χ3v) is 5.21. The molecule has 1 aliphatic rings. The van der Waals surface area contributed by atoms with Crippen LogP contribution in [0.15, 0.2) is 64.2 Å². The fourth-order valence-electron chi connectivity index (χ4n) is 3.46. The van der Waals surface area contributed by atoms with Crippen molar-refractivity contribution in [3.05, 3.63) is 77.2 Å². The average molecular weight is 374 g/mol. The maximum absolute atomic E-state index is 5.63. The zero-order valence-electron chi connectivity index (χ0n) is 16.6. The number of guanidine groups is 1. The second kappa shape index (κ2) is 7.89. The second-order valence-corrected chi connectivity index (χ2v) is 7.39. The number of rotatable bonds is 5. The van der Waals surface area contributed by atoms with Crippen molar-refractivity contribution >= 4 is 5.96 Å². The number of aryl methyl sites for hydroxylation is 2. The summed E-state index contributed by atoms with van der Waals surface area (Å²) in [5, 5.41) is 6.85. The molecule has 5 heteroatoms. The first-order valence-corrected chi connectivity index (χ1v) is 9.68. The lowest BCUT2D eigenvalue weighted by molar-refractivity contribution is 0.572. The number of hydrogen-bond acceptors (Lipinski definition) is 3. The predicted octanol–water partition coefficient (Wildman–Crippen LogP) is 4.18. The molecule has 1 fully saturated rings. The van der Waals surface area contributed by atoms with Crippen LogP contribution in [0.3, 0.4) is 0 Å². The Morgan fingerprint density at radius 3 is 2.68 bits per heavy atom. The number of aliphatic imine (C=N–C) groups is 1. The van der Waals surface area contributed by atoms with Gasteiger partial charge >= 0.3 is 0 Å². The largest absolute Gasteiger partial charge is 0.444 e. The molecule has 3 aromatic rings. The van der Waals surface area contributed by atoms with E-state index in [4.69, 9.17) is 4.42 Å². The van der Waals surface area contributed by atoms with Gasteiger partial charge in [0.2, 0.25) is 5.89 Å². The molecular weight excluding hydrogens is 348 g/mol. The summed E-state index contributed by atoms with van der Waals surface area (Å²) < 4.78 is 5.63. The van der Waals surface area contributed by atoms with Gasteiger partial charge in [0.1, 0.15) is 6.26 Å². The molecule has 2 N–H and O–H groups in total. The van der Waals surface area contributed by atoms with Gasteiger partial charge in [0.25, 0.3) is 0 Å². The quantitative estimate of drug-likeness (QED) is 0.519. The molecule has 0 aliphatic heterocycles. The van der Waals surface area contributed by atoms with Crippen molar-refractivity contribution < 1.29 is 4.42 Å². The van der Waals surface area contributed by atoms with Crippen LogP contribution >= 0.6 is 0 Å². The molecule has 144 valence electrons. The Balaban J connectivity index is 1.32. The van der Waals surface area contributed by atoms with Crippen molar-refractivity contribution in [2.75, 3.05) is 7.05 Å². The van der Waals surface area contributed by atoms with E-state index in [-0.39, 0.29) is 0 Å². The van der Waals surface area contributed by atoms with Crippen LogP contribution in [-0.2, 0) is 6.54 Å². The van der Waals surface area contributed by atoms with E-state index in [0.717, 1.165) is 23.6 Å². The Morgan fingerprint density at radius 2 is 1.93 bits per heavy atom. The van der Waals surface area contributed by atoms with Crippen LogP contribution in [0.4, 0.5) is 0 Å². The third-order valence-electron chi connectivity index (χ3n) is 5.21. The standard InChI is InChI=1S/C23H26N4O/c1-15-8-10-17(11-9-15)22-26-18(14-28-22)13-25-23(24-3)27-21-12-20(21)19-7-5-4-6-16(19)2/h4-11,14,20-21H,12-13H2,1-3H3,(H2,24,25,27). The smallest absolute Gasteiger partial charge is 0.226 e. The minimum atomic E-state index is 0.424. The topological polar surface area (TPSA) is 62.5 Å². The lowest BCUT2D eigenvalue weighted by atomic mass is 10.0. The highest BCUT2D eigenvalue weighted by Crippen LogP contribution is 2.42.